The topological polar surface area (TPSA) is 44.0 Å². The van der Waals surface area contributed by atoms with Crippen molar-refractivity contribution in [3.8, 4) is 6.07 Å². The van der Waals surface area contributed by atoms with Gasteiger partial charge in [-0.25, -0.2) is 0 Å². The zero-order valence-corrected chi connectivity index (χ0v) is 8.58. The molecule has 0 spiro atoms. The molecule has 0 aromatic rings. The average molecular weight is 181 g/mol. The maximum atomic E-state index is 9.80. The first-order valence-corrected chi connectivity index (χ1v) is 5.27. The Bertz CT molecular complexity index is 209. The van der Waals surface area contributed by atoms with E-state index < -0.39 is 11.5 Å². The molecule has 0 radical (unpaired) electrons. The van der Waals surface area contributed by atoms with Gasteiger partial charge in [0.2, 0.25) is 0 Å². The van der Waals surface area contributed by atoms with Gasteiger partial charge < -0.3 is 5.11 Å². The quantitative estimate of drug-likeness (QED) is 0.727. The maximum Gasteiger partial charge on any atom is 0.0834 e. The molecule has 3 atom stereocenters. The summed E-state index contributed by atoms with van der Waals surface area (Å²) in [6.45, 7) is 4.11. The Morgan fingerprint density at radius 3 is 2.69 bits per heavy atom. The number of aliphatic hydroxyl groups excluding tert-OH is 1. The molecule has 0 aromatic heterocycles. The van der Waals surface area contributed by atoms with Gasteiger partial charge in [0.25, 0.3) is 0 Å². The van der Waals surface area contributed by atoms with E-state index in [0.29, 0.717) is 12.3 Å². The van der Waals surface area contributed by atoms with Crippen LogP contribution in [0.2, 0.25) is 0 Å². The minimum Gasteiger partial charge on any atom is -0.391 e. The summed E-state index contributed by atoms with van der Waals surface area (Å²) in [7, 11) is 0. The Morgan fingerprint density at radius 1 is 1.62 bits per heavy atom. The molecule has 1 aliphatic carbocycles. The molecular weight excluding hydrogens is 162 g/mol. The van der Waals surface area contributed by atoms with Crippen LogP contribution in [0.5, 0.6) is 0 Å². The molecule has 1 fully saturated rings. The van der Waals surface area contributed by atoms with Gasteiger partial charge in [-0.05, 0) is 31.6 Å². The first kappa shape index (κ1) is 10.5. The Morgan fingerprint density at radius 2 is 2.31 bits per heavy atom. The smallest absolute Gasteiger partial charge is 0.0834 e. The van der Waals surface area contributed by atoms with Gasteiger partial charge in [-0.15, -0.1) is 0 Å². The zero-order valence-electron chi connectivity index (χ0n) is 8.58. The number of aliphatic hydroxyl groups is 1. The molecule has 2 heteroatoms. The van der Waals surface area contributed by atoms with E-state index >= 15 is 0 Å². The number of hydrogen-bond donors (Lipinski definition) is 1. The van der Waals surface area contributed by atoms with Crippen LogP contribution in [0.15, 0.2) is 0 Å². The van der Waals surface area contributed by atoms with Crippen molar-refractivity contribution in [1.82, 2.24) is 0 Å². The molecule has 1 saturated carbocycles. The van der Waals surface area contributed by atoms with Crippen LogP contribution in [-0.4, -0.2) is 11.2 Å². The molecule has 2 nitrogen and oxygen atoms in total. The van der Waals surface area contributed by atoms with Gasteiger partial charge in [-0.3, -0.25) is 0 Å². The molecule has 1 N–H and O–H groups in total. The van der Waals surface area contributed by atoms with Crippen molar-refractivity contribution in [2.24, 2.45) is 11.3 Å². The van der Waals surface area contributed by atoms with Crippen LogP contribution < -0.4 is 0 Å². The molecule has 0 amide bonds. The van der Waals surface area contributed by atoms with Crippen LogP contribution in [0, 0.1) is 22.7 Å². The van der Waals surface area contributed by atoms with Crippen molar-refractivity contribution >= 4 is 0 Å². The summed E-state index contributed by atoms with van der Waals surface area (Å²) in [5, 5.41) is 18.9. The predicted molar refractivity (Wildman–Crippen MR) is 52.0 cm³/mol. The van der Waals surface area contributed by atoms with Crippen LogP contribution >= 0.6 is 0 Å². The molecule has 0 heterocycles. The fourth-order valence-corrected chi connectivity index (χ4v) is 2.40. The lowest BCUT2D eigenvalue weighted by Gasteiger charge is -2.26. The van der Waals surface area contributed by atoms with Crippen LogP contribution in [0.1, 0.15) is 46.0 Å². The zero-order chi connectivity index (χ0) is 9.90. The number of rotatable bonds is 3. The molecule has 3 unspecified atom stereocenters. The molecule has 0 bridgehead atoms. The van der Waals surface area contributed by atoms with Gasteiger partial charge in [0.1, 0.15) is 0 Å². The molecule has 1 aliphatic rings. The number of nitrogens with zero attached hydrogens (tertiary/aromatic N) is 1. The largest absolute Gasteiger partial charge is 0.391 e. The molecule has 0 aromatic carbocycles. The number of nitriles is 1. The second kappa shape index (κ2) is 4.11. The van der Waals surface area contributed by atoms with Gasteiger partial charge in [0.15, 0.2) is 0 Å². The van der Waals surface area contributed by atoms with Crippen molar-refractivity contribution < 1.29 is 5.11 Å². The van der Waals surface area contributed by atoms with Crippen molar-refractivity contribution in [2.75, 3.05) is 0 Å². The highest BCUT2D eigenvalue weighted by Gasteiger charge is 2.43. The van der Waals surface area contributed by atoms with E-state index in [1.54, 1.807) is 0 Å². The SMILES string of the molecule is CCC1CCC(C#N)(C(O)CC)C1. The van der Waals surface area contributed by atoms with Gasteiger partial charge in [-0.1, -0.05) is 20.3 Å². The van der Waals surface area contributed by atoms with E-state index in [2.05, 4.69) is 13.0 Å². The summed E-state index contributed by atoms with van der Waals surface area (Å²) in [6, 6.07) is 2.34. The summed E-state index contributed by atoms with van der Waals surface area (Å²) in [5.41, 5.74) is -0.421. The average Bonchev–Trinajstić information content (AvgIpc) is 2.61. The molecule has 74 valence electrons. The molecular formula is C11H19NO. The predicted octanol–water partition coefficient (Wildman–Crippen LogP) is 2.48. The highest BCUT2D eigenvalue weighted by atomic mass is 16.3. The summed E-state index contributed by atoms with van der Waals surface area (Å²) in [5.74, 6) is 0.654. The first-order valence-electron chi connectivity index (χ1n) is 5.27. The maximum absolute atomic E-state index is 9.80. The Hall–Kier alpha value is -0.550. The lowest BCUT2D eigenvalue weighted by atomic mass is 9.80. The Balaban J connectivity index is 2.69. The van der Waals surface area contributed by atoms with Gasteiger partial charge in [0.05, 0.1) is 17.6 Å². The van der Waals surface area contributed by atoms with Crippen molar-refractivity contribution in [2.45, 2.75) is 52.1 Å². The first-order chi connectivity index (χ1) is 6.18. The highest BCUT2D eigenvalue weighted by molar-refractivity contribution is 5.07. The highest BCUT2D eigenvalue weighted by Crippen LogP contribution is 2.45. The third-order valence-electron chi connectivity index (χ3n) is 3.48. The third kappa shape index (κ3) is 1.86. The Labute approximate surface area is 80.6 Å². The monoisotopic (exact) mass is 181 g/mol. The lowest BCUT2D eigenvalue weighted by molar-refractivity contribution is 0.0614. The second-order valence-corrected chi connectivity index (χ2v) is 4.21. The fraction of sp³-hybridized carbons (Fsp3) is 0.909. The lowest BCUT2D eigenvalue weighted by Crippen LogP contribution is -2.30. The van der Waals surface area contributed by atoms with Crippen molar-refractivity contribution in [3.05, 3.63) is 0 Å². The van der Waals surface area contributed by atoms with Gasteiger partial charge >= 0.3 is 0 Å². The van der Waals surface area contributed by atoms with Crippen molar-refractivity contribution in [1.29, 1.82) is 5.26 Å². The Kier molecular flexibility index (Phi) is 3.33. The second-order valence-electron chi connectivity index (χ2n) is 4.21. The van der Waals surface area contributed by atoms with E-state index in [-0.39, 0.29) is 0 Å². The number of hydrogen-bond acceptors (Lipinski definition) is 2. The van der Waals surface area contributed by atoms with Crippen molar-refractivity contribution in [3.63, 3.8) is 0 Å². The normalized spacial score (nSPS) is 35.7. The van der Waals surface area contributed by atoms with Crippen LogP contribution in [0.4, 0.5) is 0 Å². The van der Waals surface area contributed by atoms with Gasteiger partial charge in [0, 0.05) is 0 Å². The molecule has 1 rings (SSSR count). The fourth-order valence-electron chi connectivity index (χ4n) is 2.40. The summed E-state index contributed by atoms with van der Waals surface area (Å²) in [4.78, 5) is 0. The van der Waals surface area contributed by atoms with E-state index in [1.165, 1.54) is 0 Å². The van der Waals surface area contributed by atoms with E-state index in [9.17, 15) is 5.11 Å². The minimum atomic E-state index is -0.422. The summed E-state index contributed by atoms with van der Waals surface area (Å²) >= 11 is 0. The van der Waals surface area contributed by atoms with Gasteiger partial charge in [-0.2, -0.15) is 5.26 Å². The third-order valence-corrected chi connectivity index (χ3v) is 3.48. The molecule has 0 aliphatic heterocycles. The molecule has 0 saturated heterocycles. The van der Waals surface area contributed by atoms with E-state index in [0.717, 1.165) is 25.7 Å². The summed E-state index contributed by atoms with van der Waals surface area (Å²) < 4.78 is 0. The standard InChI is InChI=1S/C11H19NO/c1-3-9-5-6-11(7-9,8-12)10(13)4-2/h9-10,13H,3-7H2,1-2H3. The molecule has 13 heavy (non-hydrogen) atoms. The van der Waals surface area contributed by atoms with Crippen LogP contribution in [0.25, 0.3) is 0 Å². The minimum absolute atomic E-state index is 0.421. The van der Waals surface area contributed by atoms with E-state index in [4.69, 9.17) is 5.26 Å². The van der Waals surface area contributed by atoms with E-state index in [1.807, 2.05) is 6.92 Å². The van der Waals surface area contributed by atoms with Crippen LogP contribution in [-0.2, 0) is 0 Å². The summed E-state index contributed by atoms with van der Waals surface area (Å²) in [6.07, 6.45) is 4.31. The van der Waals surface area contributed by atoms with Crippen LogP contribution in [0.3, 0.4) is 0 Å².